The summed E-state index contributed by atoms with van der Waals surface area (Å²) in [7, 11) is 0. The Morgan fingerprint density at radius 3 is 2.60 bits per heavy atom. The van der Waals surface area contributed by atoms with Gasteiger partial charge in [0.1, 0.15) is 0 Å². The SMILES string of the molecule is Cc1c(C(=O)NC[C@@H](C)OC2CCC2)ccc2nn(CC3CN(C(=O)c4ccc(Cl)cc4)C3)cc12. The zero-order valence-electron chi connectivity index (χ0n) is 20.2. The predicted octanol–water partition coefficient (Wildman–Crippen LogP) is 4.46. The number of hydrogen-bond donors (Lipinski definition) is 1. The number of rotatable bonds is 8. The lowest BCUT2D eigenvalue weighted by atomic mass is 9.96. The van der Waals surface area contributed by atoms with Crippen molar-refractivity contribution >= 4 is 34.3 Å². The fourth-order valence-electron chi connectivity index (χ4n) is 4.73. The van der Waals surface area contributed by atoms with E-state index in [9.17, 15) is 9.59 Å². The maximum absolute atomic E-state index is 12.8. The summed E-state index contributed by atoms with van der Waals surface area (Å²) < 4.78 is 7.86. The van der Waals surface area contributed by atoms with E-state index in [1.54, 1.807) is 24.3 Å². The molecule has 0 spiro atoms. The van der Waals surface area contributed by atoms with E-state index < -0.39 is 0 Å². The second kappa shape index (κ2) is 9.99. The maximum Gasteiger partial charge on any atom is 0.253 e. The van der Waals surface area contributed by atoms with Crippen LogP contribution in [0.2, 0.25) is 5.02 Å². The number of aromatic nitrogens is 2. The first-order chi connectivity index (χ1) is 16.9. The number of fused-ring (bicyclic) bond motifs is 1. The van der Waals surface area contributed by atoms with Crippen LogP contribution in [0.25, 0.3) is 10.9 Å². The Bertz CT molecular complexity index is 1230. The van der Waals surface area contributed by atoms with Gasteiger partial charge in [-0.1, -0.05) is 11.6 Å². The van der Waals surface area contributed by atoms with Crippen molar-refractivity contribution in [3.05, 3.63) is 64.3 Å². The fraction of sp³-hybridized carbons (Fsp3) is 0.444. The number of amides is 2. The van der Waals surface area contributed by atoms with Crippen LogP contribution in [0.4, 0.5) is 0 Å². The largest absolute Gasteiger partial charge is 0.373 e. The van der Waals surface area contributed by atoms with E-state index in [4.69, 9.17) is 21.4 Å². The Hall–Kier alpha value is -2.90. The number of benzene rings is 2. The van der Waals surface area contributed by atoms with Crippen molar-refractivity contribution in [2.24, 2.45) is 5.92 Å². The van der Waals surface area contributed by atoms with Crippen LogP contribution in [0.1, 0.15) is 52.5 Å². The zero-order chi connectivity index (χ0) is 24.5. The summed E-state index contributed by atoms with van der Waals surface area (Å²) >= 11 is 5.92. The molecule has 1 saturated carbocycles. The van der Waals surface area contributed by atoms with Crippen LogP contribution >= 0.6 is 11.6 Å². The summed E-state index contributed by atoms with van der Waals surface area (Å²) in [6, 6.07) is 10.7. The number of carbonyl (C=O) groups excluding carboxylic acids is 2. The Morgan fingerprint density at radius 1 is 1.17 bits per heavy atom. The van der Waals surface area contributed by atoms with E-state index in [0.29, 0.717) is 47.8 Å². The van der Waals surface area contributed by atoms with Gasteiger partial charge in [0.2, 0.25) is 0 Å². The van der Waals surface area contributed by atoms with Crippen LogP contribution in [0.3, 0.4) is 0 Å². The van der Waals surface area contributed by atoms with Crippen LogP contribution in [0.15, 0.2) is 42.6 Å². The molecule has 2 amide bonds. The summed E-state index contributed by atoms with van der Waals surface area (Å²) in [6.07, 6.45) is 5.84. The van der Waals surface area contributed by atoms with Gasteiger partial charge < -0.3 is 15.0 Å². The molecule has 5 rings (SSSR count). The van der Waals surface area contributed by atoms with Gasteiger partial charge in [-0.15, -0.1) is 0 Å². The van der Waals surface area contributed by atoms with Gasteiger partial charge in [0, 0.05) is 59.8 Å². The Balaban J connectivity index is 1.17. The van der Waals surface area contributed by atoms with E-state index in [1.807, 2.05) is 41.8 Å². The summed E-state index contributed by atoms with van der Waals surface area (Å²) in [4.78, 5) is 27.3. The highest BCUT2D eigenvalue weighted by molar-refractivity contribution is 6.30. The molecule has 1 atom stereocenters. The lowest BCUT2D eigenvalue weighted by molar-refractivity contribution is -0.0412. The molecule has 2 fully saturated rings. The topological polar surface area (TPSA) is 76.5 Å². The van der Waals surface area contributed by atoms with Crippen LogP contribution in [0.5, 0.6) is 0 Å². The molecule has 7 nitrogen and oxygen atoms in total. The van der Waals surface area contributed by atoms with Crippen molar-refractivity contribution in [3.63, 3.8) is 0 Å². The van der Waals surface area contributed by atoms with Crippen molar-refractivity contribution in [2.45, 2.75) is 51.9 Å². The number of likely N-dealkylation sites (tertiary alicyclic amines) is 1. The third kappa shape index (κ3) is 5.21. The van der Waals surface area contributed by atoms with Crippen molar-refractivity contribution in [2.75, 3.05) is 19.6 Å². The molecular weight excluding hydrogens is 464 g/mol. The molecule has 0 radical (unpaired) electrons. The maximum atomic E-state index is 12.8. The third-order valence-corrected chi connectivity index (χ3v) is 7.31. The molecule has 0 unspecified atom stereocenters. The molecule has 8 heteroatoms. The molecule has 0 bridgehead atoms. The van der Waals surface area contributed by atoms with Crippen LogP contribution in [-0.4, -0.2) is 58.3 Å². The molecule has 1 aromatic heterocycles. The Morgan fingerprint density at radius 2 is 1.91 bits per heavy atom. The molecule has 2 heterocycles. The number of nitrogens with zero attached hydrogens (tertiary/aromatic N) is 3. The zero-order valence-corrected chi connectivity index (χ0v) is 20.9. The highest BCUT2D eigenvalue weighted by atomic mass is 35.5. The number of aryl methyl sites for hydroxylation is 1. The fourth-order valence-corrected chi connectivity index (χ4v) is 4.85. The normalized spacial score (nSPS) is 17.2. The third-order valence-electron chi connectivity index (χ3n) is 7.06. The lowest BCUT2D eigenvalue weighted by Crippen LogP contribution is -2.51. The minimum absolute atomic E-state index is 0.00431. The van der Waals surface area contributed by atoms with Crippen molar-refractivity contribution in [1.82, 2.24) is 20.0 Å². The quantitative estimate of drug-likeness (QED) is 0.501. The van der Waals surface area contributed by atoms with Gasteiger partial charge in [0.15, 0.2) is 0 Å². The molecule has 35 heavy (non-hydrogen) atoms. The molecule has 1 N–H and O–H groups in total. The number of nitrogens with one attached hydrogen (secondary N) is 1. The average molecular weight is 495 g/mol. The van der Waals surface area contributed by atoms with Gasteiger partial charge in [-0.05, 0) is 75.1 Å². The second-order valence-electron chi connectivity index (χ2n) is 9.81. The van der Waals surface area contributed by atoms with E-state index in [1.165, 1.54) is 6.42 Å². The van der Waals surface area contributed by atoms with Gasteiger partial charge in [-0.2, -0.15) is 5.10 Å². The summed E-state index contributed by atoms with van der Waals surface area (Å²) in [6.45, 7) is 6.60. The van der Waals surface area contributed by atoms with Crippen molar-refractivity contribution < 1.29 is 14.3 Å². The highest BCUT2D eigenvalue weighted by Gasteiger charge is 2.31. The van der Waals surface area contributed by atoms with Crippen LogP contribution in [-0.2, 0) is 11.3 Å². The monoisotopic (exact) mass is 494 g/mol. The number of carbonyl (C=O) groups is 2. The molecule has 184 valence electrons. The average Bonchev–Trinajstić information content (AvgIpc) is 3.21. The standard InChI is InChI=1S/C27H31ClN4O3/c1-17(35-22-4-3-5-22)12-29-26(33)23-10-11-25-24(18(23)2)16-32(30-25)15-19-13-31(14-19)27(34)20-6-8-21(28)9-7-20/h6-11,16-17,19,22H,3-5,12-15H2,1-2H3,(H,29,33)/t17-/m1/s1. The van der Waals surface area contributed by atoms with Crippen molar-refractivity contribution in [3.8, 4) is 0 Å². The molecule has 3 aromatic rings. The van der Waals surface area contributed by atoms with Crippen LogP contribution in [0, 0.1) is 12.8 Å². The number of halogens is 1. The Labute approximate surface area is 210 Å². The Kier molecular flexibility index (Phi) is 6.80. The van der Waals surface area contributed by atoms with Gasteiger partial charge in [-0.25, -0.2) is 0 Å². The molecule has 1 aliphatic carbocycles. The van der Waals surface area contributed by atoms with E-state index in [0.717, 1.165) is 35.9 Å². The van der Waals surface area contributed by atoms with Gasteiger partial charge in [-0.3, -0.25) is 14.3 Å². The molecular formula is C27H31ClN4O3. The minimum Gasteiger partial charge on any atom is -0.373 e. The minimum atomic E-state index is -0.0865. The molecule has 2 aliphatic rings. The van der Waals surface area contributed by atoms with Crippen LogP contribution < -0.4 is 5.32 Å². The number of hydrogen-bond acceptors (Lipinski definition) is 4. The lowest BCUT2D eigenvalue weighted by Gasteiger charge is -2.39. The summed E-state index contributed by atoms with van der Waals surface area (Å²) in [5.41, 5.74) is 3.11. The first-order valence-corrected chi connectivity index (χ1v) is 12.7. The first-order valence-electron chi connectivity index (χ1n) is 12.3. The second-order valence-corrected chi connectivity index (χ2v) is 10.3. The number of ether oxygens (including phenoxy) is 1. The highest BCUT2D eigenvalue weighted by Crippen LogP contribution is 2.25. The van der Waals surface area contributed by atoms with Gasteiger partial charge in [0.25, 0.3) is 11.8 Å². The summed E-state index contributed by atoms with van der Waals surface area (Å²) in [5.74, 6) is 0.291. The molecule has 2 aromatic carbocycles. The molecule has 1 aliphatic heterocycles. The van der Waals surface area contributed by atoms with E-state index >= 15 is 0 Å². The molecule has 1 saturated heterocycles. The van der Waals surface area contributed by atoms with E-state index in [-0.39, 0.29) is 17.9 Å². The predicted molar refractivity (Wildman–Crippen MR) is 136 cm³/mol. The van der Waals surface area contributed by atoms with Gasteiger partial charge in [0.05, 0.1) is 17.7 Å². The smallest absolute Gasteiger partial charge is 0.253 e. The van der Waals surface area contributed by atoms with Gasteiger partial charge >= 0.3 is 0 Å². The van der Waals surface area contributed by atoms with E-state index in [2.05, 4.69) is 5.32 Å². The summed E-state index contributed by atoms with van der Waals surface area (Å²) in [5, 5.41) is 9.31. The van der Waals surface area contributed by atoms with Crippen molar-refractivity contribution in [1.29, 1.82) is 0 Å². The first kappa shape index (κ1) is 23.8.